The van der Waals surface area contributed by atoms with Crippen LogP contribution < -0.4 is 25.0 Å². The minimum atomic E-state index is -1.86. The maximum absolute atomic E-state index is 13.7. The Morgan fingerprint density at radius 1 is 0.841 bits per heavy atom. The summed E-state index contributed by atoms with van der Waals surface area (Å²) in [6.45, 7) is 0. The summed E-state index contributed by atoms with van der Waals surface area (Å²) in [4.78, 5) is 42.8. The lowest BCUT2D eigenvalue weighted by Gasteiger charge is -2.24. The number of aromatic nitrogens is 1. The molecule has 0 unspecified atom stereocenters. The van der Waals surface area contributed by atoms with Crippen LogP contribution in [0.15, 0.2) is 72.8 Å². The van der Waals surface area contributed by atoms with E-state index < -0.39 is 29.9 Å². The van der Waals surface area contributed by atoms with E-state index in [0.717, 1.165) is 22.0 Å². The van der Waals surface area contributed by atoms with Gasteiger partial charge < -0.3 is 29.6 Å². The molecule has 0 saturated heterocycles. The standard InChI is InChI=1S/C33H37N3O8/c1-42-27-17-21(18-28(43-2)31(27)44-3)12-9-14-23(29(37)33(40)36-41)32(39)35-25(16-20-10-5-4-6-11-20)30(38)26-19-22-13-7-8-15-24(22)34-26/h4-8,10-11,13,15,17-19,23,25,29,34,37,41H,9,12,14,16H2,1-3H3,(H,35,39)(H,36,40)/t23-,25-,29-/m0/s1. The van der Waals surface area contributed by atoms with Crippen molar-refractivity contribution in [3.05, 3.63) is 89.6 Å². The quantitative estimate of drug-likeness (QED) is 0.0783. The lowest BCUT2D eigenvalue weighted by Crippen LogP contribution is -2.50. The van der Waals surface area contributed by atoms with Crippen LogP contribution in [0.2, 0.25) is 0 Å². The number of ketones is 1. The number of hydroxylamine groups is 1. The van der Waals surface area contributed by atoms with Gasteiger partial charge in [-0.05, 0) is 54.7 Å². The number of aliphatic hydroxyl groups excluding tert-OH is 1. The predicted molar refractivity (Wildman–Crippen MR) is 163 cm³/mol. The number of hydrogen-bond donors (Lipinski definition) is 5. The predicted octanol–water partition coefficient (Wildman–Crippen LogP) is 3.61. The monoisotopic (exact) mass is 603 g/mol. The molecular weight excluding hydrogens is 566 g/mol. The van der Waals surface area contributed by atoms with Gasteiger partial charge in [-0.1, -0.05) is 48.5 Å². The number of aliphatic hydroxyl groups is 1. The number of nitrogens with one attached hydrogen (secondary N) is 3. The molecule has 0 aliphatic carbocycles. The average Bonchev–Trinajstić information content (AvgIpc) is 3.49. The first-order valence-electron chi connectivity index (χ1n) is 14.2. The number of ether oxygens (including phenoxy) is 3. The normalized spacial score (nSPS) is 13.0. The van der Waals surface area contributed by atoms with Crippen LogP contribution in [-0.2, 0) is 22.4 Å². The van der Waals surface area contributed by atoms with Crippen molar-refractivity contribution >= 4 is 28.5 Å². The van der Waals surface area contributed by atoms with Gasteiger partial charge in [0.1, 0.15) is 6.10 Å². The van der Waals surface area contributed by atoms with E-state index in [2.05, 4.69) is 10.3 Å². The molecule has 44 heavy (non-hydrogen) atoms. The minimum Gasteiger partial charge on any atom is -0.493 e. The van der Waals surface area contributed by atoms with Crippen molar-refractivity contribution in [1.82, 2.24) is 15.8 Å². The first-order valence-corrected chi connectivity index (χ1v) is 14.2. The van der Waals surface area contributed by atoms with E-state index in [0.29, 0.717) is 35.8 Å². The molecule has 3 aromatic carbocycles. The summed E-state index contributed by atoms with van der Waals surface area (Å²) in [5, 5.41) is 23.6. The Morgan fingerprint density at radius 2 is 1.50 bits per heavy atom. The van der Waals surface area contributed by atoms with E-state index in [1.807, 2.05) is 54.6 Å². The van der Waals surface area contributed by atoms with Gasteiger partial charge in [-0.2, -0.15) is 0 Å². The third-order valence-corrected chi connectivity index (χ3v) is 7.51. The van der Waals surface area contributed by atoms with Gasteiger partial charge in [0.25, 0.3) is 5.91 Å². The molecule has 11 heteroatoms. The first-order chi connectivity index (χ1) is 21.3. The fraction of sp³-hybridized carbons (Fsp3) is 0.303. The number of methoxy groups -OCH3 is 3. The van der Waals surface area contributed by atoms with Gasteiger partial charge in [0.05, 0.1) is 39.0 Å². The summed E-state index contributed by atoms with van der Waals surface area (Å²) in [6.07, 6.45) is -0.807. The van der Waals surface area contributed by atoms with Crippen LogP contribution in [0.1, 0.15) is 34.5 Å². The summed E-state index contributed by atoms with van der Waals surface area (Å²) >= 11 is 0. The molecule has 1 heterocycles. The number of aryl methyl sites for hydroxylation is 1. The second kappa shape index (κ2) is 15.0. The van der Waals surface area contributed by atoms with Crippen LogP contribution in [0.5, 0.6) is 17.2 Å². The highest BCUT2D eigenvalue weighted by Crippen LogP contribution is 2.38. The Hall–Kier alpha value is -4.87. The molecule has 2 amide bonds. The molecular formula is C33H37N3O8. The number of hydrogen-bond acceptors (Lipinski definition) is 8. The number of rotatable bonds is 15. The Labute approximate surface area is 255 Å². The topological polar surface area (TPSA) is 159 Å². The summed E-state index contributed by atoms with van der Waals surface area (Å²) in [6, 6.07) is 21.0. The summed E-state index contributed by atoms with van der Waals surface area (Å²) in [7, 11) is 4.52. The average molecular weight is 604 g/mol. The number of aromatic amines is 1. The Bertz CT molecular complexity index is 1530. The van der Waals surface area contributed by atoms with Crippen LogP contribution in [-0.4, -0.2) is 66.4 Å². The lowest BCUT2D eigenvalue weighted by molar-refractivity contribution is -0.146. The fourth-order valence-electron chi connectivity index (χ4n) is 5.22. The number of benzene rings is 3. The third-order valence-electron chi connectivity index (χ3n) is 7.51. The highest BCUT2D eigenvalue weighted by Gasteiger charge is 2.34. The molecule has 232 valence electrons. The van der Waals surface area contributed by atoms with Gasteiger partial charge in [0.2, 0.25) is 17.4 Å². The lowest BCUT2D eigenvalue weighted by atomic mass is 9.91. The van der Waals surface area contributed by atoms with E-state index in [1.54, 1.807) is 18.2 Å². The van der Waals surface area contributed by atoms with Gasteiger partial charge in [0.15, 0.2) is 11.5 Å². The number of H-pyrrole nitrogens is 1. The van der Waals surface area contributed by atoms with E-state index in [9.17, 15) is 24.7 Å². The van der Waals surface area contributed by atoms with Crippen molar-refractivity contribution in [3.8, 4) is 17.2 Å². The maximum Gasteiger partial charge on any atom is 0.272 e. The molecule has 1 aromatic heterocycles. The SMILES string of the molecule is COc1cc(CCC[C@H](C(=O)N[C@@H](Cc2ccccc2)C(=O)c2cc3ccccc3[nH]2)[C@H](O)C(=O)NO)cc(OC)c1OC. The van der Waals surface area contributed by atoms with Gasteiger partial charge in [-0.3, -0.25) is 19.6 Å². The van der Waals surface area contributed by atoms with E-state index >= 15 is 0 Å². The van der Waals surface area contributed by atoms with E-state index in [1.165, 1.54) is 26.8 Å². The van der Waals surface area contributed by atoms with E-state index in [4.69, 9.17) is 14.2 Å². The summed E-state index contributed by atoms with van der Waals surface area (Å²) in [5.74, 6) is -2.06. The molecule has 4 rings (SSSR count). The van der Waals surface area contributed by atoms with Crippen molar-refractivity contribution in [2.75, 3.05) is 21.3 Å². The van der Waals surface area contributed by atoms with Gasteiger partial charge in [-0.25, -0.2) is 5.48 Å². The summed E-state index contributed by atoms with van der Waals surface area (Å²) in [5.41, 5.74) is 4.15. The molecule has 0 radical (unpaired) electrons. The molecule has 0 bridgehead atoms. The highest BCUT2D eigenvalue weighted by atomic mass is 16.5. The van der Waals surface area contributed by atoms with Crippen molar-refractivity contribution < 1.29 is 38.9 Å². The molecule has 0 fully saturated rings. The van der Waals surface area contributed by atoms with Crippen LogP contribution >= 0.6 is 0 Å². The Kier molecular flexibility index (Phi) is 11.0. The zero-order chi connectivity index (χ0) is 31.6. The number of carbonyl (C=O) groups excluding carboxylic acids is 3. The second-order valence-electron chi connectivity index (χ2n) is 10.3. The summed E-state index contributed by atoms with van der Waals surface area (Å²) < 4.78 is 16.2. The highest BCUT2D eigenvalue weighted by molar-refractivity contribution is 6.04. The number of para-hydroxylation sites is 1. The van der Waals surface area contributed by atoms with Crippen molar-refractivity contribution in [2.45, 2.75) is 37.8 Å². The van der Waals surface area contributed by atoms with Crippen LogP contribution in [0.3, 0.4) is 0 Å². The molecule has 11 nitrogen and oxygen atoms in total. The zero-order valence-corrected chi connectivity index (χ0v) is 24.8. The zero-order valence-electron chi connectivity index (χ0n) is 24.8. The maximum atomic E-state index is 13.7. The molecule has 3 atom stereocenters. The molecule has 5 N–H and O–H groups in total. The molecule has 4 aromatic rings. The Morgan fingerprint density at radius 3 is 2.11 bits per heavy atom. The number of Topliss-reactive ketones (excluding diaryl/α,β-unsaturated/α-hetero) is 1. The van der Waals surface area contributed by atoms with Crippen LogP contribution in [0.25, 0.3) is 10.9 Å². The fourth-order valence-corrected chi connectivity index (χ4v) is 5.22. The number of fused-ring (bicyclic) bond motifs is 1. The van der Waals surface area contributed by atoms with Gasteiger partial charge >= 0.3 is 0 Å². The van der Waals surface area contributed by atoms with Crippen molar-refractivity contribution in [1.29, 1.82) is 0 Å². The number of amides is 2. The first kappa shape index (κ1) is 32.1. The molecule has 0 aliphatic rings. The molecule has 0 aliphatic heterocycles. The third kappa shape index (κ3) is 7.55. The number of carbonyl (C=O) groups is 3. The van der Waals surface area contributed by atoms with E-state index in [-0.39, 0.29) is 18.6 Å². The Balaban J connectivity index is 1.56. The van der Waals surface area contributed by atoms with Gasteiger partial charge in [-0.15, -0.1) is 0 Å². The smallest absolute Gasteiger partial charge is 0.272 e. The van der Waals surface area contributed by atoms with Gasteiger partial charge in [0, 0.05) is 17.3 Å². The minimum absolute atomic E-state index is 0.0652. The molecule has 0 saturated carbocycles. The largest absolute Gasteiger partial charge is 0.493 e. The molecule has 0 spiro atoms. The van der Waals surface area contributed by atoms with Crippen LogP contribution in [0.4, 0.5) is 0 Å². The van der Waals surface area contributed by atoms with Crippen molar-refractivity contribution in [3.63, 3.8) is 0 Å². The second-order valence-corrected chi connectivity index (χ2v) is 10.3. The van der Waals surface area contributed by atoms with Crippen LogP contribution in [0, 0.1) is 5.92 Å². The van der Waals surface area contributed by atoms with Crippen molar-refractivity contribution in [2.24, 2.45) is 5.92 Å².